The molecule has 0 aliphatic carbocycles. The smallest absolute Gasteiger partial charge is 0.306 e. The van der Waals surface area contributed by atoms with E-state index in [1.807, 2.05) is 12.2 Å². The van der Waals surface area contributed by atoms with E-state index in [9.17, 15) is 14.4 Å². The summed E-state index contributed by atoms with van der Waals surface area (Å²) in [5, 5.41) is 0. The van der Waals surface area contributed by atoms with Crippen LogP contribution < -0.4 is 0 Å². The predicted octanol–water partition coefficient (Wildman–Crippen LogP) is 15.1. The Bertz CT molecular complexity index is 1370. The fourth-order valence-corrected chi connectivity index (χ4v) is 5.50. The third kappa shape index (κ3) is 44.6. The molecule has 0 saturated heterocycles. The van der Waals surface area contributed by atoms with Crippen LogP contribution >= 0.6 is 0 Å². The lowest BCUT2D eigenvalue weighted by atomic mass is 10.1. The molecule has 0 spiro atoms. The van der Waals surface area contributed by atoms with Crippen LogP contribution in [0.4, 0.5) is 0 Å². The van der Waals surface area contributed by atoms with Gasteiger partial charge in [-0.2, -0.15) is 0 Å². The molecule has 0 amide bonds. The molecule has 0 aliphatic heterocycles. The topological polar surface area (TPSA) is 78.9 Å². The van der Waals surface area contributed by atoms with Gasteiger partial charge >= 0.3 is 17.9 Å². The van der Waals surface area contributed by atoms with Crippen molar-refractivity contribution in [2.24, 2.45) is 0 Å². The summed E-state index contributed by atoms with van der Waals surface area (Å²) in [5.41, 5.74) is 0. The molecule has 0 aromatic rings. The Labute approximate surface area is 366 Å². The Morgan fingerprint density at radius 1 is 0.350 bits per heavy atom. The second-order valence-electron chi connectivity index (χ2n) is 14.5. The minimum absolute atomic E-state index is 0.129. The normalized spacial score (nSPS) is 13.3. The molecule has 0 rings (SSSR count). The van der Waals surface area contributed by atoms with Gasteiger partial charge in [-0.25, -0.2) is 0 Å². The van der Waals surface area contributed by atoms with E-state index in [0.29, 0.717) is 19.3 Å². The lowest BCUT2D eigenvalue weighted by molar-refractivity contribution is -0.166. The van der Waals surface area contributed by atoms with Crippen molar-refractivity contribution < 1.29 is 28.6 Å². The van der Waals surface area contributed by atoms with Gasteiger partial charge in [0.05, 0.1) is 0 Å². The molecular formula is C54H82O6. The SMILES string of the molecule is CC/C=C\C/C=C\C/C=C\C/C=C\C/C=C\C/C=C\CCC(=O)OCC(COC(=O)CCCCCCCC)OC(=O)CCC/C=C\C/C=C\C/C=C\C/C=C\C/C=C\CC. The first-order valence-electron chi connectivity index (χ1n) is 23.2. The highest BCUT2D eigenvalue weighted by Crippen LogP contribution is 2.10. The Kier molecular flexibility index (Phi) is 43.7. The summed E-state index contributed by atoms with van der Waals surface area (Å²) in [7, 11) is 0. The lowest BCUT2D eigenvalue weighted by Gasteiger charge is -2.18. The van der Waals surface area contributed by atoms with E-state index in [2.05, 4.69) is 142 Å². The number of allylic oxidation sites excluding steroid dienone is 22. The molecule has 60 heavy (non-hydrogen) atoms. The van der Waals surface area contributed by atoms with E-state index in [4.69, 9.17) is 14.2 Å². The highest BCUT2D eigenvalue weighted by Gasteiger charge is 2.19. The number of rotatable bonds is 39. The van der Waals surface area contributed by atoms with Crippen molar-refractivity contribution in [1.82, 2.24) is 0 Å². The van der Waals surface area contributed by atoms with Crippen molar-refractivity contribution in [2.45, 2.75) is 175 Å². The van der Waals surface area contributed by atoms with E-state index in [-0.39, 0.29) is 38.0 Å². The minimum Gasteiger partial charge on any atom is -0.462 e. The van der Waals surface area contributed by atoms with Gasteiger partial charge in [-0.3, -0.25) is 14.4 Å². The Balaban J connectivity index is 4.51. The van der Waals surface area contributed by atoms with Crippen molar-refractivity contribution in [2.75, 3.05) is 13.2 Å². The number of ether oxygens (including phenoxy) is 3. The summed E-state index contributed by atoms with van der Waals surface area (Å²) < 4.78 is 16.5. The van der Waals surface area contributed by atoms with Crippen molar-refractivity contribution in [3.8, 4) is 0 Å². The second-order valence-corrected chi connectivity index (χ2v) is 14.5. The Morgan fingerprint density at radius 2 is 0.683 bits per heavy atom. The monoisotopic (exact) mass is 827 g/mol. The van der Waals surface area contributed by atoms with Crippen LogP contribution in [-0.2, 0) is 28.6 Å². The molecule has 0 N–H and O–H groups in total. The molecule has 1 atom stereocenters. The fourth-order valence-electron chi connectivity index (χ4n) is 5.50. The molecule has 0 aromatic carbocycles. The highest BCUT2D eigenvalue weighted by atomic mass is 16.6. The van der Waals surface area contributed by atoms with Gasteiger partial charge in [0, 0.05) is 19.3 Å². The van der Waals surface area contributed by atoms with Gasteiger partial charge in [-0.05, 0) is 96.3 Å². The summed E-state index contributed by atoms with van der Waals surface area (Å²) in [4.78, 5) is 37.6. The van der Waals surface area contributed by atoms with Crippen LogP contribution in [0.1, 0.15) is 168 Å². The summed E-state index contributed by atoms with van der Waals surface area (Å²) in [5.74, 6) is -1.10. The number of hydrogen-bond donors (Lipinski definition) is 0. The van der Waals surface area contributed by atoms with Crippen LogP contribution in [0, 0.1) is 0 Å². The maximum Gasteiger partial charge on any atom is 0.306 e. The van der Waals surface area contributed by atoms with Gasteiger partial charge in [0.15, 0.2) is 6.10 Å². The van der Waals surface area contributed by atoms with Crippen molar-refractivity contribution in [1.29, 1.82) is 0 Å². The van der Waals surface area contributed by atoms with E-state index in [0.717, 1.165) is 96.3 Å². The van der Waals surface area contributed by atoms with Gasteiger partial charge in [0.2, 0.25) is 0 Å². The quantitative estimate of drug-likeness (QED) is 0.0266. The number of carbonyl (C=O) groups is 3. The van der Waals surface area contributed by atoms with Crippen LogP contribution in [0.2, 0.25) is 0 Å². The molecule has 1 unspecified atom stereocenters. The maximum atomic E-state index is 12.7. The van der Waals surface area contributed by atoms with E-state index < -0.39 is 12.1 Å². The summed E-state index contributed by atoms with van der Waals surface area (Å²) in [6.45, 7) is 6.19. The molecular weight excluding hydrogens is 745 g/mol. The van der Waals surface area contributed by atoms with E-state index in [1.165, 1.54) is 19.3 Å². The largest absolute Gasteiger partial charge is 0.462 e. The first-order chi connectivity index (χ1) is 29.5. The molecule has 0 aliphatic rings. The third-order valence-corrected chi connectivity index (χ3v) is 8.91. The Morgan fingerprint density at radius 3 is 1.10 bits per heavy atom. The molecule has 6 nitrogen and oxygen atoms in total. The van der Waals surface area contributed by atoms with Crippen molar-refractivity contribution in [3.63, 3.8) is 0 Å². The molecule has 334 valence electrons. The van der Waals surface area contributed by atoms with Gasteiger partial charge in [-0.1, -0.05) is 187 Å². The van der Waals surface area contributed by atoms with E-state index in [1.54, 1.807) is 0 Å². The third-order valence-electron chi connectivity index (χ3n) is 8.91. The van der Waals surface area contributed by atoms with Crippen molar-refractivity contribution in [3.05, 3.63) is 134 Å². The average Bonchev–Trinajstić information content (AvgIpc) is 3.24. The summed E-state index contributed by atoms with van der Waals surface area (Å²) in [6.07, 6.45) is 66.2. The summed E-state index contributed by atoms with van der Waals surface area (Å²) in [6, 6.07) is 0. The number of unbranched alkanes of at least 4 members (excludes halogenated alkanes) is 6. The highest BCUT2D eigenvalue weighted by molar-refractivity contribution is 5.71. The minimum atomic E-state index is -0.838. The standard InChI is InChI=1S/C54H82O6/c1-4-7-10-13-16-18-20-22-24-26-27-29-30-32-34-36-38-41-44-47-53(56)59-50-51(49-58-52(55)46-43-40-15-12-9-6-3)60-54(57)48-45-42-39-37-35-33-31-28-25-23-21-19-17-14-11-8-5-2/h7-8,10-11,16-19,22-25,27,29,31-34,37-39,41,51H,4-6,9,12-15,20-21,26,28,30,35-36,40,42-50H2,1-3H3/b10-7-,11-8-,18-16-,19-17-,24-22-,25-23-,29-27-,33-31-,34-32-,39-37-,41-38-. The molecule has 0 aromatic heterocycles. The zero-order valence-corrected chi connectivity index (χ0v) is 37.9. The van der Waals surface area contributed by atoms with Crippen LogP contribution in [0.5, 0.6) is 0 Å². The number of carbonyl (C=O) groups excluding carboxylic acids is 3. The first kappa shape index (κ1) is 55.5. The zero-order chi connectivity index (χ0) is 43.7. The summed E-state index contributed by atoms with van der Waals surface area (Å²) >= 11 is 0. The van der Waals surface area contributed by atoms with E-state index >= 15 is 0 Å². The molecule has 0 bridgehead atoms. The van der Waals surface area contributed by atoms with Crippen LogP contribution in [0.25, 0.3) is 0 Å². The zero-order valence-electron chi connectivity index (χ0n) is 37.9. The van der Waals surface area contributed by atoms with Crippen LogP contribution in [0.15, 0.2) is 134 Å². The molecule has 0 saturated carbocycles. The fraction of sp³-hybridized carbons (Fsp3) is 0.537. The van der Waals surface area contributed by atoms with Gasteiger partial charge in [-0.15, -0.1) is 0 Å². The Hall–Kier alpha value is -4.45. The number of hydrogen-bond acceptors (Lipinski definition) is 6. The van der Waals surface area contributed by atoms with Gasteiger partial charge in [0.1, 0.15) is 13.2 Å². The molecule has 0 heterocycles. The van der Waals surface area contributed by atoms with Crippen molar-refractivity contribution >= 4 is 17.9 Å². The van der Waals surface area contributed by atoms with Gasteiger partial charge < -0.3 is 14.2 Å². The molecule has 0 radical (unpaired) electrons. The van der Waals surface area contributed by atoms with Crippen LogP contribution in [0.3, 0.4) is 0 Å². The number of esters is 3. The second kappa shape index (κ2) is 47.2. The lowest BCUT2D eigenvalue weighted by Crippen LogP contribution is -2.30. The first-order valence-corrected chi connectivity index (χ1v) is 23.2. The van der Waals surface area contributed by atoms with Crippen LogP contribution in [-0.4, -0.2) is 37.2 Å². The average molecular weight is 827 g/mol. The molecule has 0 fully saturated rings. The maximum absolute atomic E-state index is 12.7. The predicted molar refractivity (Wildman–Crippen MR) is 256 cm³/mol. The molecule has 6 heteroatoms. The van der Waals surface area contributed by atoms with Gasteiger partial charge in [0.25, 0.3) is 0 Å².